The fourth-order valence-corrected chi connectivity index (χ4v) is 5.25. The van der Waals surface area contributed by atoms with E-state index in [0.29, 0.717) is 34.5 Å². The minimum absolute atomic E-state index is 0.112. The number of carbonyl (C=O) groups excluding carboxylic acids is 2. The van der Waals surface area contributed by atoms with Crippen LogP contribution in [0.15, 0.2) is 75.9 Å². The van der Waals surface area contributed by atoms with Crippen LogP contribution in [-0.2, 0) is 25.6 Å². The molecule has 0 saturated carbocycles. The summed E-state index contributed by atoms with van der Waals surface area (Å²) in [6.07, 6.45) is 0.119. The van der Waals surface area contributed by atoms with Crippen LogP contribution in [0, 0.1) is 0 Å². The quantitative estimate of drug-likeness (QED) is 0.337. The molecule has 9 nitrogen and oxygen atoms in total. The van der Waals surface area contributed by atoms with E-state index in [-0.39, 0.29) is 25.5 Å². The van der Waals surface area contributed by atoms with E-state index in [4.69, 9.17) is 23.9 Å². The number of hydrogen-bond acceptors (Lipinski definition) is 9. The molecule has 0 aromatic heterocycles. The van der Waals surface area contributed by atoms with Crippen molar-refractivity contribution in [1.29, 1.82) is 0 Å². The summed E-state index contributed by atoms with van der Waals surface area (Å²) in [6.45, 7) is 2.60. The third-order valence-corrected chi connectivity index (χ3v) is 7.03. The molecule has 4 rings (SSSR count). The standard InChI is InChI=1S/C28H31N3O6S/c1-18-25(27(33)37-13-12-34-2)26(20-10-11-22(35-3)23(14-20)36-4)31-21(17-38-28(31)30-18)15-24(32)29-16-19-8-6-5-7-9-19/h5-11,14,17,26H,12-13,15-16H2,1-4H3,(H,29,32)/t26-/m1/s1. The molecular weight excluding hydrogens is 506 g/mol. The fraction of sp³-hybridized carbons (Fsp3) is 0.321. The zero-order valence-electron chi connectivity index (χ0n) is 21.9. The van der Waals surface area contributed by atoms with Gasteiger partial charge in [-0.2, -0.15) is 0 Å². The molecule has 0 unspecified atom stereocenters. The summed E-state index contributed by atoms with van der Waals surface area (Å²) in [4.78, 5) is 32.9. The molecule has 0 saturated heterocycles. The highest BCUT2D eigenvalue weighted by molar-refractivity contribution is 8.16. The average molecular weight is 538 g/mol. The predicted molar refractivity (Wildman–Crippen MR) is 146 cm³/mol. The normalized spacial score (nSPS) is 16.4. The lowest BCUT2D eigenvalue weighted by Crippen LogP contribution is -2.38. The van der Waals surface area contributed by atoms with Crippen molar-refractivity contribution in [2.45, 2.75) is 25.9 Å². The number of benzene rings is 2. The van der Waals surface area contributed by atoms with E-state index in [1.807, 2.05) is 52.8 Å². The van der Waals surface area contributed by atoms with E-state index >= 15 is 0 Å². The predicted octanol–water partition coefficient (Wildman–Crippen LogP) is 4.17. The van der Waals surface area contributed by atoms with E-state index in [1.54, 1.807) is 34.3 Å². The SMILES string of the molecule is COCCOC(=O)C1=C(C)N=C2SC=C(CC(=O)NCc3ccccc3)N2[C@@H]1c1ccc(OC)c(OC)c1. The number of ether oxygens (including phenoxy) is 4. The Morgan fingerprint density at radius 3 is 2.50 bits per heavy atom. The molecule has 0 aliphatic carbocycles. The first-order chi connectivity index (χ1) is 18.5. The lowest BCUT2D eigenvalue weighted by Gasteiger charge is -2.36. The van der Waals surface area contributed by atoms with E-state index < -0.39 is 12.0 Å². The lowest BCUT2D eigenvalue weighted by atomic mass is 9.93. The van der Waals surface area contributed by atoms with E-state index in [1.165, 1.54) is 11.8 Å². The fourth-order valence-electron chi connectivity index (χ4n) is 4.29. The molecule has 1 amide bonds. The number of nitrogens with zero attached hydrogens (tertiary/aromatic N) is 2. The number of amides is 1. The van der Waals surface area contributed by atoms with Crippen LogP contribution in [0.3, 0.4) is 0 Å². The average Bonchev–Trinajstić information content (AvgIpc) is 3.32. The van der Waals surface area contributed by atoms with Gasteiger partial charge in [0.1, 0.15) is 6.61 Å². The molecule has 2 heterocycles. The largest absolute Gasteiger partial charge is 0.493 e. The van der Waals surface area contributed by atoms with E-state index in [0.717, 1.165) is 16.8 Å². The van der Waals surface area contributed by atoms with Crippen molar-refractivity contribution in [3.63, 3.8) is 0 Å². The Labute approximate surface area is 226 Å². The van der Waals surface area contributed by atoms with Crippen molar-refractivity contribution in [3.8, 4) is 11.5 Å². The van der Waals surface area contributed by atoms with Gasteiger partial charge in [0.2, 0.25) is 5.91 Å². The maximum atomic E-state index is 13.3. The molecule has 0 radical (unpaired) electrons. The van der Waals surface area contributed by atoms with Gasteiger partial charge in [0, 0.05) is 19.4 Å². The zero-order chi connectivity index (χ0) is 27.1. The van der Waals surface area contributed by atoms with Gasteiger partial charge >= 0.3 is 5.97 Å². The monoisotopic (exact) mass is 537 g/mol. The number of carbonyl (C=O) groups is 2. The Bertz CT molecular complexity index is 1270. The molecule has 0 bridgehead atoms. The Morgan fingerprint density at radius 2 is 1.79 bits per heavy atom. The first-order valence-corrected chi connectivity index (χ1v) is 13.0. The summed E-state index contributed by atoms with van der Waals surface area (Å²) in [5, 5.41) is 5.56. The van der Waals surface area contributed by atoms with Crippen molar-refractivity contribution in [1.82, 2.24) is 10.2 Å². The Morgan fingerprint density at radius 1 is 1.03 bits per heavy atom. The Balaban J connectivity index is 1.65. The highest BCUT2D eigenvalue weighted by Crippen LogP contribution is 2.46. The molecule has 0 spiro atoms. The minimum Gasteiger partial charge on any atom is -0.493 e. The third-order valence-electron chi connectivity index (χ3n) is 6.14. The number of amidine groups is 1. The van der Waals surface area contributed by atoms with Crippen molar-refractivity contribution < 1.29 is 28.5 Å². The zero-order valence-corrected chi connectivity index (χ0v) is 22.7. The molecule has 1 N–H and O–H groups in total. The lowest BCUT2D eigenvalue weighted by molar-refractivity contribution is -0.141. The number of hydrogen-bond donors (Lipinski definition) is 1. The van der Waals surface area contributed by atoms with Gasteiger partial charge in [0.05, 0.1) is 44.6 Å². The van der Waals surface area contributed by atoms with Gasteiger partial charge in [-0.1, -0.05) is 48.2 Å². The van der Waals surface area contributed by atoms with Gasteiger partial charge in [-0.05, 0) is 35.6 Å². The van der Waals surface area contributed by atoms with Crippen LogP contribution < -0.4 is 14.8 Å². The molecular formula is C28H31N3O6S. The van der Waals surface area contributed by atoms with Gasteiger partial charge in [-0.15, -0.1) is 0 Å². The second-order valence-electron chi connectivity index (χ2n) is 8.58. The number of thioether (sulfide) groups is 1. The Kier molecular flexibility index (Phi) is 9.09. The second kappa shape index (κ2) is 12.7. The van der Waals surface area contributed by atoms with Gasteiger partial charge in [0.25, 0.3) is 0 Å². The first-order valence-electron chi connectivity index (χ1n) is 12.1. The summed E-state index contributed by atoms with van der Waals surface area (Å²) in [5.74, 6) is 0.463. The highest BCUT2D eigenvalue weighted by atomic mass is 32.2. The van der Waals surface area contributed by atoms with Crippen LogP contribution in [0.5, 0.6) is 11.5 Å². The van der Waals surface area contributed by atoms with E-state index in [2.05, 4.69) is 5.32 Å². The van der Waals surface area contributed by atoms with Crippen LogP contribution in [0.1, 0.15) is 30.5 Å². The number of methoxy groups -OCH3 is 3. The van der Waals surface area contributed by atoms with Crippen molar-refractivity contribution >= 4 is 28.8 Å². The smallest absolute Gasteiger partial charge is 0.338 e. The van der Waals surface area contributed by atoms with Gasteiger partial charge in [0.15, 0.2) is 16.7 Å². The summed E-state index contributed by atoms with van der Waals surface area (Å²) in [7, 11) is 4.67. The van der Waals surface area contributed by atoms with Crippen molar-refractivity contribution in [2.75, 3.05) is 34.5 Å². The van der Waals surface area contributed by atoms with Gasteiger partial charge in [-0.3, -0.25) is 4.79 Å². The summed E-state index contributed by atoms with van der Waals surface area (Å²) in [6, 6.07) is 14.6. The number of esters is 1. The first kappa shape index (κ1) is 27.3. The summed E-state index contributed by atoms with van der Waals surface area (Å²) < 4.78 is 21.5. The molecule has 2 aliphatic rings. The molecule has 0 fully saturated rings. The van der Waals surface area contributed by atoms with Gasteiger partial charge < -0.3 is 29.2 Å². The molecule has 1 atom stereocenters. The topological polar surface area (TPSA) is 98.7 Å². The molecule has 2 aromatic carbocycles. The summed E-state index contributed by atoms with van der Waals surface area (Å²) in [5.41, 5.74) is 3.45. The molecule has 2 aliphatic heterocycles. The summed E-state index contributed by atoms with van der Waals surface area (Å²) >= 11 is 1.42. The molecule has 38 heavy (non-hydrogen) atoms. The molecule has 2 aromatic rings. The number of rotatable bonds is 11. The maximum absolute atomic E-state index is 13.3. The van der Waals surface area contributed by atoms with Crippen LogP contribution in [-0.4, -0.2) is 56.5 Å². The molecule has 10 heteroatoms. The van der Waals surface area contributed by atoms with Crippen LogP contribution >= 0.6 is 11.8 Å². The number of aliphatic imine (C=N–C) groups is 1. The van der Waals surface area contributed by atoms with Crippen molar-refractivity contribution in [3.05, 3.63) is 82.0 Å². The maximum Gasteiger partial charge on any atom is 0.338 e. The number of nitrogens with one attached hydrogen (secondary N) is 1. The van der Waals surface area contributed by atoms with Crippen LogP contribution in [0.4, 0.5) is 0 Å². The van der Waals surface area contributed by atoms with Crippen molar-refractivity contribution in [2.24, 2.45) is 4.99 Å². The van der Waals surface area contributed by atoms with Crippen LogP contribution in [0.2, 0.25) is 0 Å². The molecule has 200 valence electrons. The second-order valence-corrected chi connectivity index (χ2v) is 9.41. The number of fused-ring (bicyclic) bond motifs is 1. The highest BCUT2D eigenvalue weighted by Gasteiger charge is 2.41. The van der Waals surface area contributed by atoms with E-state index in [9.17, 15) is 9.59 Å². The minimum atomic E-state index is -0.583. The Hall–Kier alpha value is -3.76. The van der Waals surface area contributed by atoms with Gasteiger partial charge in [-0.25, -0.2) is 9.79 Å². The third kappa shape index (κ3) is 6.03. The number of allylic oxidation sites excluding steroid dienone is 1. The van der Waals surface area contributed by atoms with Crippen LogP contribution in [0.25, 0.3) is 0 Å².